The average molecular weight is 276 g/mol. The number of nitrogens with zero attached hydrogens (tertiary/aromatic N) is 2. The van der Waals surface area contributed by atoms with Crippen molar-refractivity contribution in [2.45, 2.75) is 19.4 Å². The highest BCUT2D eigenvalue weighted by Crippen LogP contribution is 2.18. The molecule has 7 heteroatoms. The number of non-ortho nitro benzene ring substituents is 1. The van der Waals surface area contributed by atoms with Gasteiger partial charge in [0.15, 0.2) is 0 Å². The van der Waals surface area contributed by atoms with Gasteiger partial charge in [0.25, 0.3) is 5.69 Å². The van der Waals surface area contributed by atoms with Gasteiger partial charge in [-0.05, 0) is 18.5 Å². The van der Waals surface area contributed by atoms with E-state index >= 15 is 0 Å². The molecule has 0 heterocycles. The number of benzene rings is 1. The molecule has 1 unspecified atom stereocenters. The van der Waals surface area contributed by atoms with Crippen LogP contribution in [0.4, 0.5) is 5.69 Å². The second kappa shape index (κ2) is 7.86. The van der Waals surface area contributed by atoms with Crippen molar-refractivity contribution in [1.82, 2.24) is 10.6 Å². The second-order valence-corrected chi connectivity index (χ2v) is 4.20. The molecule has 0 bridgehead atoms. The zero-order valence-corrected chi connectivity index (χ0v) is 11.1. The zero-order chi connectivity index (χ0) is 15.0. The second-order valence-electron chi connectivity index (χ2n) is 4.20. The van der Waals surface area contributed by atoms with E-state index in [2.05, 4.69) is 16.7 Å². The number of hydrogen-bond donors (Lipinski definition) is 2. The molecule has 1 rings (SSSR count). The fourth-order valence-electron chi connectivity index (χ4n) is 1.66. The van der Waals surface area contributed by atoms with Gasteiger partial charge >= 0.3 is 0 Å². The van der Waals surface area contributed by atoms with Crippen molar-refractivity contribution in [3.05, 3.63) is 39.9 Å². The lowest BCUT2D eigenvalue weighted by molar-refractivity contribution is -0.384. The van der Waals surface area contributed by atoms with E-state index in [9.17, 15) is 14.9 Å². The molecule has 0 aliphatic rings. The summed E-state index contributed by atoms with van der Waals surface area (Å²) in [4.78, 5) is 20.9. The van der Waals surface area contributed by atoms with Crippen molar-refractivity contribution in [2.24, 2.45) is 0 Å². The predicted molar refractivity (Wildman–Crippen MR) is 72.8 cm³/mol. The van der Waals surface area contributed by atoms with Crippen LogP contribution in [0.25, 0.3) is 0 Å². The monoisotopic (exact) mass is 276 g/mol. The fraction of sp³-hybridized carbons (Fsp3) is 0.385. The highest BCUT2D eigenvalue weighted by molar-refractivity contribution is 5.72. The van der Waals surface area contributed by atoms with Crippen LogP contribution in [-0.4, -0.2) is 23.9 Å². The first-order valence-electron chi connectivity index (χ1n) is 6.16. The van der Waals surface area contributed by atoms with Gasteiger partial charge in [-0.1, -0.05) is 12.1 Å². The van der Waals surface area contributed by atoms with Gasteiger partial charge in [-0.15, -0.1) is 0 Å². The number of nitro groups is 1. The first-order chi connectivity index (χ1) is 9.54. The van der Waals surface area contributed by atoms with E-state index < -0.39 is 11.0 Å². The van der Waals surface area contributed by atoms with Gasteiger partial charge in [0.05, 0.1) is 11.0 Å². The van der Waals surface area contributed by atoms with E-state index in [0.717, 1.165) is 0 Å². The van der Waals surface area contributed by atoms with E-state index in [-0.39, 0.29) is 11.6 Å². The summed E-state index contributed by atoms with van der Waals surface area (Å²) in [5, 5.41) is 25.4. The maximum atomic E-state index is 10.7. The average Bonchev–Trinajstić information content (AvgIpc) is 2.42. The minimum atomic E-state index is -0.604. The van der Waals surface area contributed by atoms with Crippen LogP contribution in [0.15, 0.2) is 24.3 Å². The summed E-state index contributed by atoms with van der Waals surface area (Å²) in [6, 6.07) is 7.45. The molecular weight excluding hydrogens is 260 g/mol. The molecule has 0 aliphatic heterocycles. The van der Waals surface area contributed by atoms with Crippen LogP contribution in [0.2, 0.25) is 0 Å². The van der Waals surface area contributed by atoms with Crippen molar-refractivity contribution in [3.8, 4) is 6.07 Å². The number of hydrogen-bond acceptors (Lipinski definition) is 5. The molecule has 1 aromatic carbocycles. The van der Waals surface area contributed by atoms with Crippen LogP contribution in [-0.2, 0) is 4.79 Å². The SMILES string of the molecule is CC(=O)NCCCNC(C#N)c1cccc([N+](=O)[O-])c1. The summed E-state index contributed by atoms with van der Waals surface area (Å²) in [6.07, 6.45) is 0.673. The molecule has 0 radical (unpaired) electrons. The lowest BCUT2D eigenvalue weighted by Gasteiger charge is -2.11. The summed E-state index contributed by atoms with van der Waals surface area (Å²) in [5.41, 5.74) is 0.518. The maximum Gasteiger partial charge on any atom is 0.269 e. The van der Waals surface area contributed by atoms with E-state index in [4.69, 9.17) is 5.26 Å². The Kier molecular flexibility index (Phi) is 6.13. The Morgan fingerprint density at radius 3 is 2.85 bits per heavy atom. The number of nitro benzene ring substituents is 1. The standard InChI is InChI=1S/C13H16N4O3/c1-10(18)15-6-3-7-16-13(9-14)11-4-2-5-12(8-11)17(19)20/h2,4-5,8,13,16H,3,6-7H2,1H3,(H,15,18). The van der Waals surface area contributed by atoms with Gasteiger partial charge < -0.3 is 5.32 Å². The third-order valence-corrected chi connectivity index (χ3v) is 2.62. The van der Waals surface area contributed by atoms with Gasteiger partial charge in [0.1, 0.15) is 6.04 Å². The molecule has 0 aliphatic carbocycles. The molecule has 0 aromatic heterocycles. The minimum Gasteiger partial charge on any atom is -0.356 e. The number of nitriles is 1. The summed E-state index contributed by atoms with van der Waals surface area (Å²) >= 11 is 0. The van der Waals surface area contributed by atoms with Crippen molar-refractivity contribution >= 4 is 11.6 Å². The van der Waals surface area contributed by atoms with Crippen LogP contribution >= 0.6 is 0 Å². The first-order valence-corrected chi connectivity index (χ1v) is 6.16. The summed E-state index contributed by atoms with van der Waals surface area (Å²) in [6.45, 7) is 2.49. The molecule has 20 heavy (non-hydrogen) atoms. The van der Waals surface area contributed by atoms with Crippen molar-refractivity contribution in [1.29, 1.82) is 5.26 Å². The van der Waals surface area contributed by atoms with Crippen LogP contribution in [0, 0.1) is 21.4 Å². The Hall–Kier alpha value is -2.46. The number of rotatable bonds is 7. The number of nitrogens with one attached hydrogen (secondary N) is 2. The summed E-state index contributed by atoms with van der Waals surface area (Å²) in [7, 11) is 0. The van der Waals surface area contributed by atoms with E-state index in [0.29, 0.717) is 25.1 Å². The topological polar surface area (TPSA) is 108 Å². The van der Waals surface area contributed by atoms with E-state index in [1.54, 1.807) is 12.1 Å². The van der Waals surface area contributed by atoms with Gasteiger partial charge in [0, 0.05) is 25.6 Å². The molecule has 1 amide bonds. The van der Waals surface area contributed by atoms with Gasteiger partial charge in [0.2, 0.25) is 5.91 Å². The fourth-order valence-corrected chi connectivity index (χ4v) is 1.66. The van der Waals surface area contributed by atoms with Gasteiger partial charge in [-0.25, -0.2) is 0 Å². The van der Waals surface area contributed by atoms with Crippen LogP contribution in [0.3, 0.4) is 0 Å². The zero-order valence-electron chi connectivity index (χ0n) is 11.1. The van der Waals surface area contributed by atoms with E-state index in [1.165, 1.54) is 19.1 Å². The number of carbonyl (C=O) groups is 1. The Morgan fingerprint density at radius 1 is 1.50 bits per heavy atom. The van der Waals surface area contributed by atoms with Crippen LogP contribution in [0.5, 0.6) is 0 Å². The first kappa shape index (κ1) is 15.6. The molecule has 1 aromatic rings. The molecular formula is C13H16N4O3. The largest absolute Gasteiger partial charge is 0.356 e. The molecule has 2 N–H and O–H groups in total. The van der Waals surface area contributed by atoms with Gasteiger partial charge in [-0.2, -0.15) is 5.26 Å². The quantitative estimate of drug-likeness (QED) is 0.443. The third kappa shape index (κ3) is 5.04. The van der Waals surface area contributed by atoms with Crippen LogP contribution < -0.4 is 10.6 Å². The van der Waals surface area contributed by atoms with Gasteiger partial charge in [-0.3, -0.25) is 20.2 Å². The minimum absolute atomic E-state index is 0.0391. The van der Waals surface area contributed by atoms with Crippen LogP contribution in [0.1, 0.15) is 24.9 Å². The smallest absolute Gasteiger partial charge is 0.269 e. The molecule has 7 nitrogen and oxygen atoms in total. The Morgan fingerprint density at radius 2 is 2.25 bits per heavy atom. The van der Waals surface area contributed by atoms with Crippen molar-refractivity contribution < 1.29 is 9.72 Å². The maximum absolute atomic E-state index is 10.7. The predicted octanol–water partition coefficient (Wildman–Crippen LogP) is 1.28. The molecule has 106 valence electrons. The Balaban J connectivity index is 2.54. The highest BCUT2D eigenvalue weighted by Gasteiger charge is 2.13. The van der Waals surface area contributed by atoms with E-state index in [1.807, 2.05) is 0 Å². The number of amides is 1. The lowest BCUT2D eigenvalue weighted by atomic mass is 10.1. The molecule has 0 saturated heterocycles. The molecule has 0 fully saturated rings. The highest BCUT2D eigenvalue weighted by atomic mass is 16.6. The Bertz CT molecular complexity index is 525. The third-order valence-electron chi connectivity index (χ3n) is 2.62. The lowest BCUT2D eigenvalue weighted by Crippen LogP contribution is -2.27. The van der Waals surface area contributed by atoms with Crippen molar-refractivity contribution in [3.63, 3.8) is 0 Å². The normalized spacial score (nSPS) is 11.4. The summed E-state index contributed by atoms with van der Waals surface area (Å²) < 4.78 is 0. The summed E-state index contributed by atoms with van der Waals surface area (Å²) in [5.74, 6) is -0.0967. The molecule has 0 saturated carbocycles. The van der Waals surface area contributed by atoms with Crippen molar-refractivity contribution in [2.75, 3.05) is 13.1 Å². The molecule has 0 spiro atoms. The molecule has 1 atom stereocenters. The Labute approximate surface area is 116 Å². The number of carbonyl (C=O) groups excluding carboxylic acids is 1.